The van der Waals surface area contributed by atoms with Gasteiger partial charge in [0, 0.05) is 43.3 Å². The first-order valence-electron chi connectivity index (χ1n) is 13.9. The van der Waals surface area contributed by atoms with Crippen molar-refractivity contribution in [3.8, 4) is 11.1 Å². The summed E-state index contributed by atoms with van der Waals surface area (Å²) in [6.07, 6.45) is -1.34. The molecule has 2 aromatic heterocycles. The van der Waals surface area contributed by atoms with Gasteiger partial charge in [0.15, 0.2) is 0 Å². The normalized spacial score (nSPS) is 13.0. The predicted molar refractivity (Wildman–Crippen MR) is 165 cm³/mol. The van der Waals surface area contributed by atoms with Gasteiger partial charge in [0.05, 0.1) is 5.69 Å². The molecule has 0 unspecified atom stereocenters. The number of carbonyl (C=O) groups is 2. The number of amides is 2. The van der Waals surface area contributed by atoms with Crippen LogP contribution in [0, 0.1) is 13.8 Å². The van der Waals surface area contributed by atoms with E-state index in [1.807, 2.05) is 0 Å². The molecule has 1 atom stereocenters. The van der Waals surface area contributed by atoms with Crippen molar-refractivity contribution in [3.63, 3.8) is 0 Å². The molecule has 14 heteroatoms. The molecule has 2 amide bonds. The highest BCUT2D eigenvalue weighted by atomic mass is 35.5. The highest BCUT2D eigenvalue weighted by molar-refractivity contribution is 6.76. The molecular formula is C28H43Cl2F2N5O4Si. The maximum atomic E-state index is 14.3. The van der Waals surface area contributed by atoms with Crippen LogP contribution in [-0.4, -0.2) is 57.9 Å². The van der Waals surface area contributed by atoms with Crippen molar-refractivity contribution in [2.75, 3.05) is 11.9 Å². The van der Waals surface area contributed by atoms with Gasteiger partial charge in [-0.25, -0.2) is 23.2 Å². The standard InChI is InChI=1S/C28H43Cl2F2N5O4Si/c1-17-24(18(2)37(36-17)16-40-12-13-42(6,7)8)20-15-33-23(14-19(20)25(31)32)35-26(38)21(10-9-11-22(29)30)34-27(39)41-28(3,4)5/h14-15,21-22,25H,9-13,16H2,1-8H3,(H,34,39)(H,33,35,38)/t21-/m0/s1. The molecule has 0 bridgehead atoms. The third-order valence-corrected chi connectivity index (χ3v) is 8.35. The van der Waals surface area contributed by atoms with E-state index >= 15 is 0 Å². The number of alkyl carbamates (subject to hydrolysis) is 1. The molecule has 2 aromatic rings. The van der Waals surface area contributed by atoms with Crippen molar-refractivity contribution in [1.82, 2.24) is 20.1 Å². The van der Waals surface area contributed by atoms with Crippen molar-refractivity contribution >= 4 is 49.1 Å². The summed E-state index contributed by atoms with van der Waals surface area (Å²) >= 11 is 11.6. The Kier molecular flexibility index (Phi) is 13.2. The van der Waals surface area contributed by atoms with E-state index in [1.54, 1.807) is 39.3 Å². The van der Waals surface area contributed by atoms with Gasteiger partial charge < -0.3 is 20.1 Å². The minimum absolute atomic E-state index is 0.0834. The topological polar surface area (TPSA) is 107 Å². The fourth-order valence-corrected chi connectivity index (χ4v) is 5.14. The largest absolute Gasteiger partial charge is 0.444 e. The number of pyridine rings is 1. The zero-order chi connectivity index (χ0) is 31.8. The summed E-state index contributed by atoms with van der Waals surface area (Å²) in [5.41, 5.74) is 0.876. The smallest absolute Gasteiger partial charge is 0.408 e. The lowest BCUT2D eigenvalue weighted by Crippen LogP contribution is -2.45. The minimum Gasteiger partial charge on any atom is -0.444 e. The highest BCUT2D eigenvalue weighted by Crippen LogP contribution is 2.36. The Labute approximate surface area is 258 Å². The lowest BCUT2D eigenvalue weighted by molar-refractivity contribution is -0.118. The monoisotopic (exact) mass is 649 g/mol. The van der Waals surface area contributed by atoms with E-state index in [9.17, 15) is 18.4 Å². The van der Waals surface area contributed by atoms with Gasteiger partial charge in [0.2, 0.25) is 5.91 Å². The molecule has 0 aliphatic rings. The summed E-state index contributed by atoms with van der Waals surface area (Å²) < 4.78 is 41.3. The molecule has 0 fully saturated rings. The van der Waals surface area contributed by atoms with Crippen molar-refractivity contribution < 1.29 is 27.8 Å². The van der Waals surface area contributed by atoms with Gasteiger partial charge in [-0.05, 0) is 66.0 Å². The molecule has 0 aliphatic heterocycles. The number of rotatable bonds is 14. The summed E-state index contributed by atoms with van der Waals surface area (Å²) in [7, 11) is -1.26. The molecule has 2 N–H and O–H groups in total. The number of nitrogens with one attached hydrogen (secondary N) is 2. The molecule has 9 nitrogen and oxygen atoms in total. The van der Waals surface area contributed by atoms with Crippen LogP contribution in [0.2, 0.25) is 25.7 Å². The lowest BCUT2D eigenvalue weighted by atomic mass is 10.00. The first-order chi connectivity index (χ1) is 19.4. The first-order valence-corrected chi connectivity index (χ1v) is 18.4. The minimum atomic E-state index is -2.85. The van der Waals surface area contributed by atoms with E-state index in [1.165, 1.54) is 6.20 Å². The van der Waals surface area contributed by atoms with Crippen LogP contribution in [0.15, 0.2) is 12.3 Å². The Bertz CT molecular complexity index is 1220. The van der Waals surface area contributed by atoms with Gasteiger partial charge in [0.1, 0.15) is 29.0 Å². The van der Waals surface area contributed by atoms with Gasteiger partial charge >= 0.3 is 6.09 Å². The Morgan fingerprint density at radius 3 is 2.38 bits per heavy atom. The van der Waals surface area contributed by atoms with E-state index < -0.39 is 43.0 Å². The Balaban J connectivity index is 2.27. The predicted octanol–water partition coefficient (Wildman–Crippen LogP) is 7.62. The summed E-state index contributed by atoms with van der Waals surface area (Å²) in [5, 5.41) is 9.58. The first kappa shape index (κ1) is 35.9. The number of hydrogen-bond acceptors (Lipinski definition) is 6. The summed E-state index contributed by atoms with van der Waals surface area (Å²) in [4.78, 5) is 29.1. The van der Waals surface area contributed by atoms with Gasteiger partial charge in [-0.3, -0.25) is 4.79 Å². The molecule has 2 rings (SSSR count). The van der Waals surface area contributed by atoms with Crippen molar-refractivity contribution in [1.29, 1.82) is 0 Å². The third-order valence-electron chi connectivity index (χ3n) is 6.21. The Morgan fingerprint density at radius 2 is 1.81 bits per heavy atom. The average Bonchev–Trinajstić information content (AvgIpc) is 3.11. The third kappa shape index (κ3) is 11.8. The average molecular weight is 651 g/mol. The second kappa shape index (κ2) is 15.4. The molecule has 42 heavy (non-hydrogen) atoms. The second-order valence-corrected chi connectivity index (χ2v) is 19.3. The Morgan fingerprint density at radius 1 is 1.14 bits per heavy atom. The molecule has 0 radical (unpaired) electrons. The number of carbonyl (C=O) groups excluding carboxylic acids is 2. The van der Waals surface area contributed by atoms with Crippen LogP contribution >= 0.6 is 23.2 Å². The van der Waals surface area contributed by atoms with Gasteiger partial charge in [-0.15, -0.1) is 23.2 Å². The number of halogens is 4. The molecule has 236 valence electrons. The molecule has 0 aliphatic carbocycles. The van der Waals surface area contributed by atoms with E-state index in [-0.39, 0.29) is 30.1 Å². The maximum absolute atomic E-state index is 14.3. The van der Waals surface area contributed by atoms with Crippen molar-refractivity contribution in [2.24, 2.45) is 0 Å². The van der Waals surface area contributed by atoms with Crippen LogP contribution in [-0.2, 0) is 21.0 Å². The van der Waals surface area contributed by atoms with E-state index in [2.05, 4.69) is 40.4 Å². The number of ether oxygens (including phenoxy) is 2. The number of nitrogens with zero attached hydrogens (tertiary/aromatic N) is 3. The fourth-order valence-electron chi connectivity index (χ4n) is 4.08. The van der Waals surface area contributed by atoms with Crippen LogP contribution in [0.4, 0.5) is 19.4 Å². The van der Waals surface area contributed by atoms with Crippen LogP contribution in [0.1, 0.15) is 63.4 Å². The van der Waals surface area contributed by atoms with E-state index in [0.29, 0.717) is 36.4 Å². The molecule has 0 spiro atoms. The maximum Gasteiger partial charge on any atom is 0.408 e. The molecular weight excluding hydrogens is 607 g/mol. The highest BCUT2D eigenvalue weighted by Gasteiger charge is 2.27. The number of hydrogen-bond donors (Lipinski definition) is 2. The number of aromatic nitrogens is 3. The Hall–Kier alpha value is -2.28. The summed E-state index contributed by atoms with van der Waals surface area (Å²) in [6, 6.07) is 1.10. The zero-order valence-electron chi connectivity index (χ0n) is 25.6. The molecule has 0 saturated heterocycles. The van der Waals surface area contributed by atoms with E-state index in [0.717, 1.165) is 12.1 Å². The lowest BCUT2D eigenvalue weighted by Gasteiger charge is -2.23. The number of aryl methyl sites for hydroxylation is 1. The molecule has 2 heterocycles. The fraction of sp³-hybridized carbons (Fsp3) is 0.643. The van der Waals surface area contributed by atoms with Crippen molar-refractivity contribution in [2.45, 2.75) is 109 Å². The van der Waals surface area contributed by atoms with Gasteiger partial charge in [0.25, 0.3) is 6.43 Å². The van der Waals surface area contributed by atoms with Crippen LogP contribution in [0.25, 0.3) is 11.1 Å². The number of alkyl halides is 4. The van der Waals surface area contributed by atoms with Gasteiger partial charge in [-0.1, -0.05) is 19.6 Å². The quantitative estimate of drug-likeness (QED) is 0.124. The van der Waals surface area contributed by atoms with E-state index in [4.69, 9.17) is 32.7 Å². The van der Waals surface area contributed by atoms with Crippen molar-refractivity contribution in [3.05, 3.63) is 29.2 Å². The van der Waals surface area contributed by atoms with Crippen LogP contribution < -0.4 is 10.6 Å². The molecule has 0 aromatic carbocycles. The van der Waals surface area contributed by atoms with Gasteiger partial charge in [-0.2, -0.15) is 5.10 Å². The zero-order valence-corrected chi connectivity index (χ0v) is 28.1. The summed E-state index contributed by atoms with van der Waals surface area (Å²) in [6.45, 7) is 16.2. The number of anilines is 1. The SMILES string of the molecule is Cc1nn(COCC[Si](C)(C)C)c(C)c1-c1cnc(NC(=O)[C@H](CCCC(Cl)Cl)NC(=O)OC(C)(C)C)cc1C(F)F. The summed E-state index contributed by atoms with van der Waals surface area (Å²) in [5.74, 6) is -0.724. The second-order valence-electron chi connectivity index (χ2n) is 12.4. The van der Waals surface area contributed by atoms with Crippen LogP contribution in [0.5, 0.6) is 0 Å². The van der Waals surface area contributed by atoms with Crippen LogP contribution in [0.3, 0.4) is 0 Å². The molecule has 0 saturated carbocycles.